The van der Waals surface area contributed by atoms with E-state index >= 15 is 0 Å². The Morgan fingerprint density at radius 2 is 1.86 bits per heavy atom. The predicted octanol–water partition coefficient (Wildman–Crippen LogP) is 4.00. The van der Waals surface area contributed by atoms with Gasteiger partial charge in [0.1, 0.15) is 17.2 Å². The van der Waals surface area contributed by atoms with Crippen molar-refractivity contribution in [2.24, 2.45) is 0 Å². The van der Waals surface area contributed by atoms with Gasteiger partial charge in [-0.05, 0) is 52.4 Å². The highest BCUT2D eigenvalue weighted by atomic mass is 16.5. The van der Waals surface area contributed by atoms with Crippen molar-refractivity contribution in [3.8, 4) is 17.3 Å². The summed E-state index contributed by atoms with van der Waals surface area (Å²) in [5.74, 6) is 1.80. The molecule has 190 valence electrons. The molecule has 35 heavy (non-hydrogen) atoms. The smallest absolute Gasteiger partial charge is 0.277 e. The molecule has 0 spiro atoms. The molecule has 3 aromatic rings. The van der Waals surface area contributed by atoms with Crippen LogP contribution in [0, 0.1) is 6.92 Å². The summed E-state index contributed by atoms with van der Waals surface area (Å²) in [7, 11) is 5.88. The Morgan fingerprint density at radius 3 is 2.54 bits per heavy atom. The van der Waals surface area contributed by atoms with Gasteiger partial charge in [-0.2, -0.15) is 10.1 Å². The summed E-state index contributed by atoms with van der Waals surface area (Å²) < 4.78 is 7.44. The molecule has 0 amide bonds. The molecule has 0 atom stereocenters. The SMILES string of the molecule is CCCCCCCn1nc(C)c2nc(-c3ccc(N4CCC(N(C)C)CC4)nc3OC)[nH]c(=O)c21. The van der Waals surface area contributed by atoms with E-state index in [-0.39, 0.29) is 5.56 Å². The van der Waals surface area contributed by atoms with Crippen molar-refractivity contribution in [1.82, 2.24) is 29.6 Å². The molecular weight excluding hydrogens is 442 g/mol. The first-order valence-corrected chi connectivity index (χ1v) is 12.9. The number of hydrogen-bond donors (Lipinski definition) is 1. The van der Waals surface area contributed by atoms with E-state index in [9.17, 15) is 4.79 Å². The van der Waals surface area contributed by atoms with Crippen LogP contribution in [0.25, 0.3) is 22.4 Å². The fourth-order valence-corrected chi connectivity index (χ4v) is 4.95. The second kappa shape index (κ2) is 11.2. The van der Waals surface area contributed by atoms with Crippen LogP contribution in [0.2, 0.25) is 0 Å². The third-order valence-corrected chi connectivity index (χ3v) is 7.05. The quantitative estimate of drug-likeness (QED) is 0.438. The van der Waals surface area contributed by atoms with Crippen molar-refractivity contribution in [2.75, 3.05) is 39.2 Å². The lowest BCUT2D eigenvalue weighted by molar-refractivity contribution is 0.249. The number of methoxy groups -OCH3 is 1. The van der Waals surface area contributed by atoms with E-state index in [1.54, 1.807) is 7.11 Å². The Bertz CT molecular complexity index is 1190. The molecular formula is C26H39N7O2. The van der Waals surface area contributed by atoms with Gasteiger partial charge in [0, 0.05) is 25.7 Å². The Hall–Kier alpha value is -2.94. The number of piperidine rings is 1. The van der Waals surface area contributed by atoms with Crippen LogP contribution in [-0.2, 0) is 6.54 Å². The molecule has 4 rings (SSSR count). The van der Waals surface area contributed by atoms with Crippen LogP contribution in [0.1, 0.15) is 57.6 Å². The standard InChI is InChI=1S/C26H39N7O2/c1-6-7-8-9-10-15-33-23-22(18(2)30-33)28-24(29-25(23)34)20-11-12-21(27-26(20)35-5)32-16-13-19(14-17-32)31(3)4/h11-12,19H,6-10,13-17H2,1-5H3,(H,28,29,34). The molecule has 1 aliphatic rings. The summed E-state index contributed by atoms with van der Waals surface area (Å²) in [4.78, 5) is 30.2. The first-order valence-electron chi connectivity index (χ1n) is 12.9. The van der Waals surface area contributed by atoms with Gasteiger partial charge in [-0.3, -0.25) is 9.48 Å². The van der Waals surface area contributed by atoms with Crippen LogP contribution < -0.4 is 15.2 Å². The van der Waals surface area contributed by atoms with Crippen LogP contribution in [0.15, 0.2) is 16.9 Å². The molecule has 1 N–H and O–H groups in total. The fourth-order valence-electron chi connectivity index (χ4n) is 4.95. The second-order valence-electron chi connectivity index (χ2n) is 9.74. The number of aromatic nitrogens is 5. The Morgan fingerprint density at radius 1 is 1.11 bits per heavy atom. The zero-order valence-corrected chi connectivity index (χ0v) is 21.8. The van der Waals surface area contributed by atoms with E-state index in [4.69, 9.17) is 14.7 Å². The van der Waals surface area contributed by atoms with Crippen LogP contribution in [0.3, 0.4) is 0 Å². The highest BCUT2D eigenvalue weighted by Crippen LogP contribution is 2.30. The first-order chi connectivity index (χ1) is 16.9. The van der Waals surface area contributed by atoms with Gasteiger partial charge in [-0.1, -0.05) is 32.6 Å². The minimum Gasteiger partial charge on any atom is -0.480 e. The average molecular weight is 482 g/mol. The molecule has 1 fully saturated rings. The normalized spacial score (nSPS) is 14.9. The summed E-state index contributed by atoms with van der Waals surface area (Å²) in [6, 6.07) is 4.54. The zero-order valence-electron chi connectivity index (χ0n) is 21.8. The highest BCUT2D eigenvalue weighted by molar-refractivity contribution is 5.79. The number of hydrogen-bond acceptors (Lipinski definition) is 7. The number of pyridine rings is 1. The number of aryl methyl sites for hydroxylation is 2. The van der Waals surface area contributed by atoms with Gasteiger partial charge < -0.3 is 19.5 Å². The van der Waals surface area contributed by atoms with Gasteiger partial charge in [0.05, 0.1) is 18.4 Å². The van der Waals surface area contributed by atoms with E-state index < -0.39 is 0 Å². The molecule has 0 aromatic carbocycles. The molecule has 0 bridgehead atoms. The second-order valence-corrected chi connectivity index (χ2v) is 9.74. The Balaban J connectivity index is 1.58. The molecule has 3 aromatic heterocycles. The molecule has 4 heterocycles. The monoisotopic (exact) mass is 481 g/mol. The van der Waals surface area contributed by atoms with Crippen LogP contribution in [-0.4, -0.2) is 70.0 Å². The predicted molar refractivity (Wildman–Crippen MR) is 140 cm³/mol. The summed E-state index contributed by atoms with van der Waals surface area (Å²) in [6.45, 7) is 6.75. The van der Waals surface area contributed by atoms with Gasteiger partial charge in [0.15, 0.2) is 5.52 Å². The van der Waals surface area contributed by atoms with Crippen molar-refractivity contribution >= 4 is 16.9 Å². The van der Waals surface area contributed by atoms with Crippen LogP contribution >= 0.6 is 0 Å². The van der Waals surface area contributed by atoms with E-state index in [0.29, 0.717) is 34.3 Å². The molecule has 0 saturated carbocycles. The lowest BCUT2D eigenvalue weighted by Crippen LogP contribution is -2.42. The number of fused-ring (bicyclic) bond motifs is 1. The Labute approximate surface area is 207 Å². The van der Waals surface area contributed by atoms with E-state index in [2.05, 4.69) is 40.9 Å². The lowest BCUT2D eigenvalue weighted by atomic mass is 10.0. The van der Waals surface area contributed by atoms with Gasteiger partial charge >= 0.3 is 0 Å². The van der Waals surface area contributed by atoms with Crippen molar-refractivity contribution in [3.63, 3.8) is 0 Å². The van der Waals surface area contributed by atoms with E-state index in [1.165, 1.54) is 19.3 Å². The molecule has 1 saturated heterocycles. The first kappa shape index (κ1) is 25.2. The number of anilines is 1. The summed E-state index contributed by atoms with van der Waals surface area (Å²) in [5.41, 5.74) is 2.41. The van der Waals surface area contributed by atoms with Crippen molar-refractivity contribution in [3.05, 3.63) is 28.2 Å². The molecule has 0 radical (unpaired) electrons. The molecule has 0 unspecified atom stereocenters. The third kappa shape index (κ3) is 5.50. The maximum absolute atomic E-state index is 13.1. The number of unbranched alkanes of at least 4 members (excludes halogenated alkanes) is 4. The number of rotatable bonds is 10. The molecule has 9 heteroatoms. The average Bonchev–Trinajstić information content (AvgIpc) is 3.19. The summed E-state index contributed by atoms with van der Waals surface area (Å²) >= 11 is 0. The van der Waals surface area contributed by atoms with E-state index in [0.717, 1.165) is 56.8 Å². The minimum atomic E-state index is -0.184. The molecule has 9 nitrogen and oxygen atoms in total. The van der Waals surface area contributed by atoms with Crippen LogP contribution in [0.4, 0.5) is 5.82 Å². The maximum atomic E-state index is 13.1. The topological polar surface area (TPSA) is 92.2 Å². The zero-order chi connectivity index (χ0) is 24.9. The van der Waals surface area contributed by atoms with Crippen molar-refractivity contribution in [1.29, 1.82) is 0 Å². The minimum absolute atomic E-state index is 0.184. The number of nitrogens with zero attached hydrogens (tertiary/aromatic N) is 6. The van der Waals surface area contributed by atoms with Gasteiger partial charge in [-0.25, -0.2) is 4.98 Å². The third-order valence-electron chi connectivity index (χ3n) is 7.05. The fraction of sp³-hybridized carbons (Fsp3) is 0.615. The van der Waals surface area contributed by atoms with Crippen molar-refractivity contribution in [2.45, 2.75) is 71.4 Å². The van der Waals surface area contributed by atoms with Gasteiger partial charge in [0.25, 0.3) is 5.56 Å². The Kier molecular flexibility index (Phi) is 8.05. The highest BCUT2D eigenvalue weighted by Gasteiger charge is 2.23. The molecule has 0 aliphatic carbocycles. The lowest BCUT2D eigenvalue weighted by Gasteiger charge is -2.35. The summed E-state index contributed by atoms with van der Waals surface area (Å²) in [5, 5.41) is 4.62. The number of ether oxygens (including phenoxy) is 1. The maximum Gasteiger partial charge on any atom is 0.277 e. The summed E-state index contributed by atoms with van der Waals surface area (Å²) in [6.07, 6.45) is 8.02. The van der Waals surface area contributed by atoms with Gasteiger partial charge in [-0.15, -0.1) is 0 Å². The van der Waals surface area contributed by atoms with Crippen molar-refractivity contribution < 1.29 is 4.74 Å². The van der Waals surface area contributed by atoms with Gasteiger partial charge in [0.2, 0.25) is 5.88 Å². The molecule has 1 aliphatic heterocycles. The largest absolute Gasteiger partial charge is 0.480 e. The number of H-pyrrole nitrogens is 1. The number of aromatic amines is 1. The van der Waals surface area contributed by atoms with E-state index in [1.807, 2.05) is 23.7 Å². The number of nitrogens with one attached hydrogen (secondary N) is 1. The van der Waals surface area contributed by atoms with Crippen LogP contribution in [0.5, 0.6) is 5.88 Å².